The van der Waals surface area contributed by atoms with Crippen LogP contribution >= 0.6 is 0 Å². The second-order valence-corrected chi connectivity index (χ2v) is 6.03. The maximum atomic E-state index is 4.39. The van der Waals surface area contributed by atoms with Crippen molar-refractivity contribution in [2.75, 3.05) is 26.7 Å². The molecule has 1 aromatic rings. The number of nitrogens with one attached hydrogen (secondary N) is 1. The molecule has 0 aliphatic carbocycles. The van der Waals surface area contributed by atoms with Crippen LogP contribution in [0.15, 0.2) is 0 Å². The van der Waals surface area contributed by atoms with Gasteiger partial charge in [0.1, 0.15) is 11.6 Å². The Labute approximate surface area is 115 Å². The molecule has 3 rings (SSSR count). The summed E-state index contributed by atoms with van der Waals surface area (Å²) in [6, 6.07) is 0. The van der Waals surface area contributed by atoms with E-state index in [0.29, 0.717) is 0 Å². The number of nitrogens with zero attached hydrogens (tertiary/aromatic N) is 4. The van der Waals surface area contributed by atoms with E-state index in [0.717, 1.165) is 31.3 Å². The molecular weight excluding hydrogens is 238 g/mol. The summed E-state index contributed by atoms with van der Waals surface area (Å²) in [4.78, 5) is 2.42. The maximum Gasteiger partial charge on any atom is 0.147 e. The predicted octanol–water partition coefficient (Wildman–Crippen LogP) is 1.05. The Hall–Kier alpha value is -0.940. The van der Waals surface area contributed by atoms with Gasteiger partial charge in [0.2, 0.25) is 0 Å². The molecule has 2 aliphatic rings. The predicted molar refractivity (Wildman–Crippen MR) is 74.9 cm³/mol. The van der Waals surface area contributed by atoms with Crippen molar-refractivity contribution in [2.24, 2.45) is 5.92 Å². The molecule has 19 heavy (non-hydrogen) atoms. The van der Waals surface area contributed by atoms with Crippen molar-refractivity contribution >= 4 is 0 Å². The van der Waals surface area contributed by atoms with E-state index in [1.165, 1.54) is 51.1 Å². The summed E-state index contributed by atoms with van der Waals surface area (Å²) in [7, 11) is 2.21. The van der Waals surface area contributed by atoms with Crippen molar-refractivity contribution in [3.05, 3.63) is 11.6 Å². The van der Waals surface area contributed by atoms with Crippen molar-refractivity contribution in [3.63, 3.8) is 0 Å². The number of piperidine rings is 1. The quantitative estimate of drug-likeness (QED) is 0.882. The van der Waals surface area contributed by atoms with Gasteiger partial charge in [0.05, 0.1) is 6.54 Å². The molecule has 0 bridgehead atoms. The van der Waals surface area contributed by atoms with Gasteiger partial charge in [-0.15, -0.1) is 10.2 Å². The molecule has 1 N–H and O–H groups in total. The Bertz CT molecular complexity index is 408. The average Bonchev–Trinajstić information content (AvgIpc) is 2.83. The van der Waals surface area contributed by atoms with E-state index in [9.17, 15) is 0 Å². The van der Waals surface area contributed by atoms with Crippen molar-refractivity contribution in [1.29, 1.82) is 0 Å². The molecule has 0 spiro atoms. The van der Waals surface area contributed by atoms with Crippen molar-refractivity contribution < 1.29 is 0 Å². The topological polar surface area (TPSA) is 46.0 Å². The molecule has 5 nitrogen and oxygen atoms in total. The van der Waals surface area contributed by atoms with E-state index < -0.39 is 0 Å². The first-order valence-corrected chi connectivity index (χ1v) is 7.63. The number of hydrogen-bond acceptors (Lipinski definition) is 4. The lowest BCUT2D eigenvalue weighted by Gasteiger charge is -2.27. The molecule has 0 radical (unpaired) electrons. The lowest BCUT2D eigenvalue weighted by molar-refractivity contribution is 0.227. The second kappa shape index (κ2) is 6.01. The standard InChI is InChI=1S/C14H25N5/c1-18(10-12-5-7-15-8-6-12)11-14-17-16-13-4-2-3-9-19(13)14/h12,15H,2-11H2,1H3. The SMILES string of the molecule is CN(Cc1nnc2n1CCCC2)CC1CCNCC1. The zero-order valence-electron chi connectivity index (χ0n) is 11.9. The number of aryl methyl sites for hydroxylation is 1. The van der Waals surface area contributed by atoms with Crippen LogP contribution in [0.4, 0.5) is 0 Å². The second-order valence-electron chi connectivity index (χ2n) is 6.03. The minimum absolute atomic E-state index is 0.843. The van der Waals surface area contributed by atoms with Gasteiger partial charge in [-0.25, -0.2) is 0 Å². The van der Waals surface area contributed by atoms with Gasteiger partial charge < -0.3 is 9.88 Å². The van der Waals surface area contributed by atoms with E-state index in [4.69, 9.17) is 0 Å². The van der Waals surface area contributed by atoms with E-state index in [1.54, 1.807) is 0 Å². The van der Waals surface area contributed by atoms with Gasteiger partial charge >= 0.3 is 0 Å². The normalized spacial score (nSPS) is 20.7. The molecule has 106 valence electrons. The van der Waals surface area contributed by atoms with Crippen LogP contribution in [0.5, 0.6) is 0 Å². The molecule has 2 aliphatic heterocycles. The third-order valence-electron chi connectivity index (χ3n) is 4.38. The summed E-state index contributed by atoms with van der Waals surface area (Å²) < 4.78 is 2.34. The zero-order valence-corrected chi connectivity index (χ0v) is 11.9. The van der Waals surface area contributed by atoms with Crippen molar-refractivity contribution in [3.8, 4) is 0 Å². The molecule has 0 saturated carbocycles. The van der Waals surface area contributed by atoms with Gasteiger partial charge in [-0.2, -0.15) is 0 Å². The maximum absolute atomic E-state index is 4.39. The van der Waals surface area contributed by atoms with Crippen LogP contribution in [0, 0.1) is 5.92 Å². The minimum Gasteiger partial charge on any atom is -0.317 e. The van der Waals surface area contributed by atoms with Crippen molar-refractivity contribution in [2.45, 2.75) is 45.2 Å². The smallest absolute Gasteiger partial charge is 0.147 e. The Balaban J connectivity index is 1.56. The fourth-order valence-electron chi connectivity index (χ4n) is 3.30. The summed E-state index contributed by atoms with van der Waals surface area (Å²) in [6.07, 6.45) is 6.26. The highest BCUT2D eigenvalue weighted by molar-refractivity contribution is 4.98. The molecule has 1 aromatic heterocycles. The highest BCUT2D eigenvalue weighted by atomic mass is 15.3. The highest BCUT2D eigenvalue weighted by Gasteiger charge is 2.19. The summed E-state index contributed by atoms with van der Waals surface area (Å²) in [5, 5.41) is 12.2. The minimum atomic E-state index is 0.843. The Morgan fingerprint density at radius 1 is 1.26 bits per heavy atom. The number of hydrogen-bond donors (Lipinski definition) is 1. The van der Waals surface area contributed by atoms with E-state index in [1.807, 2.05) is 0 Å². The molecular formula is C14H25N5. The number of fused-ring (bicyclic) bond motifs is 1. The fraction of sp³-hybridized carbons (Fsp3) is 0.857. The van der Waals surface area contributed by atoms with Gasteiger partial charge in [0.25, 0.3) is 0 Å². The first-order valence-electron chi connectivity index (χ1n) is 7.63. The van der Waals surface area contributed by atoms with Crippen LogP contribution in [0.3, 0.4) is 0 Å². The monoisotopic (exact) mass is 263 g/mol. The largest absolute Gasteiger partial charge is 0.317 e. The van der Waals surface area contributed by atoms with Crippen LogP contribution in [-0.4, -0.2) is 46.3 Å². The van der Waals surface area contributed by atoms with Gasteiger partial charge in [-0.1, -0.05) is 0 Å². The zero-order chi connectivity index (χ0) is 13.1. The Morgan fingerprint density at radius 3 is 2.95 bits per heavy atom. The number of aromatic nitrogens is 3. The van der Waals surface area contributed by atoms with Gasteiger partial charge in [0.15, 0.2) is 0 Å². The summed E-state index contributed by atoms with van der Waals surface area (Å²) in [6.45, 7) is 5.59. The molecule has 5 heteroatoms. The lowest BCUT2D eigenvalue weighted by Crippen LogP contribution is -2.34. The summed E-state index contributed by atoms with van der Waals surface area (Å²) in [5.74, 6) is 3.19. The molecule has 0 amide bonds. The lowest BCUT2D eigenvalue weighted by atomic mass is 9.98. The molecule has 1 saturated heterocycles. The van der Waals surface area contributed by atoms with Crippen LogP contribution in [0.2, 0.25) is 0 Å². The van der Waals surface area contributed by atoms with Gasteiger partial charge in [-0.3, -0.25) is 4.90 Å². The van der Waals surface area contributed by atoms with Crippen LogP contribution < -0.4 is 5.32 Å². The molecule has 0 aromatic carbocycles. The molecule has 0 unspecified atom stereocenters. The first-order chi connectivity index (χ1) is 9.33. The fourth-order valence-corrected chi connectivity index (χ4v) is 3.30. The first kappa shape index (κ1) is 13.1. The Morgan fingerprint density at radius 2 is 2.11 bits per heavy atom. The highest BCUT2D eigenvalue weighted by Crippen LogP contribution is 2.17. The third kappa shape index (κ3) is 3.15. The number of rotatable bonds is 4. The third-order valence-corrected chi connectivity index (χ3v) is 4.38. The molecule has 0 atom stereocenters. The summed E-state index contributed by atoms with van der Waals surface area (Å²) in [5.41, 5.74) is 0. The van der Waals surface area contributed by atoms with Gasteiger partial charge in [0, 0.05) is 19.5 Å². The van der Waals surface area contributed by atoms with Crippen LogP contribution in [0.25, 0.3) is 0 Å². The van der Waals surface area contributed by atoms with E-state index in [-0.39, 0.29) is 0 Å². The van der Waals surface area contributed by atoms with Crippen LogP contribution in [0.1, 0.15) is 37.3 Å². The van der Waals surface area contributed by atoms with E-state index >= 15 is 0 Å². The van der Waals surface area contributed by atoms with Crippen molar-refractivity contribution in [1.82, 2.24) is 25.0 Å². The van der Waals surface area contributed by atoms with Gasteiger partial charge in [-0.05, 0) is 51.7 Å². The summed E-state index contributed by atoms with van der Waals surface area (Å²) >= 11 is 0. The molecule has 3 heterocycles. The average molecular weight is 263 g/mol. The van der Waals surface area contributed by atoms with E-state index in [2.05, 4.69) is 32.0 Å². The molecule has 1 fully saturated rings. The Kier molecular flexibility index (Phi) is 4.13. The van der Waals surface area contributed by atoms with Crippen LogP contribution in [-0.2, 0) is 19.5 Å².